The number of aromatic amines is 1. The molecule has 0 unspecified atom stereocenters. The van der Waals surface area contributed by atoms with Gasteiger partial charge in [0.15, 0.2) is 11.5 Å². The number of rotatable bonds is 5. The Morgan fingerprint density at radius 2 is 1.79 bits per heavy atom. The van der Waals surface area contributed by atoms with Crippen molar-refractivity contribution in [2.75, 3.05) is 7.11 Å². The summed E-state index contributed by atoms with van der Waals surface area (Å²) in [4.78, 5) is 19.7. The largest absolute Gasteiger partial charge is 0.493 e. The summed E-state index contributed by atoms with van der Waals surface area (Å²) in [5.74, 6) is 1.55. The van der Waals surface area contributed by atoms with Gasteiger partial charge in [-0.15, -0.1) is 0 Å². The highest BCUT2D eigenvalue weighted by atomic mass is 35.5. The fraction of sp³-hybridized carbons (Fsp3) is 0.0909. The third kappa shape index (κ3) is 4.06. The van der Waals surface area contributed by atoms with E-state index in [1.807, 2.05) is 24.3 Å². The van der Waals surface area contributed by atoms with Gasteiger partial charge in [-0.05, 0) is 48.0 Å². The highest BCUT2D eigenvalue weighted by Gasteiger charge is 2.11. The fourth-order valence-electron chi connectivity index (χ4n) is 2.95. The van der Waals surface area contributed by atoms with Crippen molar-refractivity contribution in [3.05, 3.63) is 86.6 Å². The van der Waals surface area contributed by atoms with Gasteiger partial charge in [-0.25, -0.2) is 4.98 Å². The second-order valence-corrected chi connectivity index (χ2v) is 7.15. The second-order valence-electron chi connectivity index (χ2n) is 6.33. The lowest BCUT2D eigenvalue weighted by Gasteiger charge is -2.13. The number of aromatic nitrogens is 2. The number of nitrogens with zero attached hydrogens (tertiary/aromatic N) is 1. The van der Waals surface area contributed by atoms with Gasteiger partial charge in [-0.2, -0.15) is 0 Å². The van der Waals surface area contributed by atoms with Crippen LogP contribution in [0.2, 0.25) is 10.0 Å². The summed E-state index contributed by atoms with van der Waals surface area (Å²) in [7, 11) is 1.56. The number of fused-ring (bicyclic) bond motifs is 1. The first-order chi connectivity index (χ1) is 14.0. The molecular weight excluding hydrogens is 411 g/mol. The number of halogens is 2. The molecule has 0 saturated heterocycles. The number of benzene rings is 3. The molecule has 3 aromatic carbocycles. The molecule has 0 aliphatic heterocycles. The summed E-state index contributed by atoms with van der Waals surface area (Å²) in [5.41, 5.74) is 2.03. The number of ether oxygens (including phenoxy) is 2. The Bertz CT molecular complexity index is 1250. The van der Waals surface area contributed by atoms with Gasteiger partial charge in [0.25, 0.3) is 5.56 Å². The average Bonchev–Trinajstić information content (AvgIpc) is 2.74. The van der Waals surface area contributed by atoms with Crippen molar-refractivity contribution < 1.29 is 9.47 Å². The SMILES string of the molecule is COc1cc(-c2nc3ccccc3c(=O)[nH]2)ccc1OCc1ccc(Cl)c(Cl)c1. The quantitative estimate of drug-likeness (QED) is 0.458. The molecule has 0 radical (unpaired) electrons. The van der Waals surface area contributed by atoms with Crippen LogP contribution in [-0.4, -0.2) is 17.1 Å². The topological polar surface area (TPSA) is 64.2 Å². The van der Waals surface area contributed by atoms with Crippen LogP contribution in [0.4, 0.5) is 0 Å². The molecular formula is C22H16Cl2N2O3. The normalized spacial score (nSPS) is 10.9. The minimum absolute atomic E-state index is 0.190. The second kappa shape index (κ2) is 8.15. The predicted molar refractivity (Wildman–Crippen MR) is 115 cm³/mol. The highest BCUT2D eigenvalue weighted by molar-refractivity contribution is 6.42. The maximum Gasteiger partial charge on any atom is 0.259 e. The van der Waals surface area contributed by atoms with E-state index >= 15 is 0 Å². The summed E-state index contributed by atoms with van der Waals surface area (Å²) >= 11 is 12.0. The van der Waals surface area contributed by atoms with E-state index in [2.05, 4.69) is 9.97 Å². The Morgan fingerprint density at radius 3 is 2.59 bits per heavy atom. The van der Waals surface area contributed by atoms with Gasteiger partial charge >= 0.3 is 0 Å². The summed E-state index contributed by atoms with van der Waals surface area (Å²) in [6, 6.07) is 17.9. The number of hydrogen-bond donors (Lipinski definition) is 1. The molecule has 4 rings (SSSR count). The molecule has 1 heterocycles. The minimum atomic E-state index is -0.190. The Labute approximate surface area is 176 Å². The third-order valence-corrected chi connectivity index (χ3v) is 5.17. The van der Waals surface area contributed by atoms with Crippen LogP contribution in [0.5, 0.6) is 11.5 Å². The number of methoxy groups -OCH3 is 1. The zero-order valence-corrected chi connectivity index (χ0v) is 16.9. The Morgan fingerprint density at radius 1 is 0.966 bits per heavy atom. The molecule has 0 saturated carbocycles. The van der Waals surface area contributed by atoms with Crippen LogP contribution >= 0.6 is 23.2 Å². The van der Waals surface area contributed by atoms with Crippen molar-refractivity contribution in [2.45, 2.75) is 6.61 Å². The van der Waals surface area contributed by atoms with Crippen LogP contribution in [0.3, 0.4) is 0 Å². The molecule has 0 bridgehead atoms. The summed E-state index contributed by atoms with van der Waals surface area (Å²) in [5, 5.41) is 1.51. The first-order valence-electron chi connectivity index (χ1n) is 8.79. The first kappa shape index (κ1) is 19.3. The molecule has 0 amide bonds. The van der Waals surface area contributed by atoms with E-state index < -0.39 is 0 Å². The Hall–Kier alpha value is -3.02. The van der Waals surface area contributed by atoms with E-state index in [1.165, 1.54) is 0 Å². The molecule has 0 aliphatic rings. The van der Waals surface area contributed by atoms with Gasteiger partial charge in [0.2, 0.25) is 0 Å². The van der Waals surface area contributed by atoms with Crippen molar-refractivity contribution in [3.63, 3.8) is 0 Å². The maximum absolute atomic E-state index is 12.3. The van der Waals surface area contributed by atoms with Gasteiger partial charge in [-0.1, -0.05) is 41.4 Å². The maximum atomic E-state index is 12.3. The van der Waals surface area contributed by atoms with Gasteiger partial charge in [-0.3, -0.25) is 4.79 Å². The standard InChI is InChI=1S/C22H16Cl2N2O3/c1-28-20-11-14(21-25-18-5-3-2-4-15(18)22(27)26-21)7-9-19(20)29-12-13-6-8-16(23)17(24)10-13/h2-11H,12H2,1H3,(H,25,26,27). The van der Waals surface area contributed by atoms with Crippen LogP contribution < -0.4 is 15.0 Å². The first-order valence-corrected chi connectivity index (χ1v) is 9.55. The molecule has 146 valence electrons. The van der Waals surface area contributed by atoms with Crippen molar-refractivity contribution in [2.24, 2.45) is 0 Å². The van der Waals surface area contributed by atoms with Gasteiger partial charge in [0, 0.05) is 5.56 Å². The fourth-order valence-corrected chi connectivity index (χ4v) is 3.27. The zero-order chi connectivity index (χ0) is 20.4. The summed E-state index contributed by atoms with van der Waals surface area (Å²) in [6.45, 7) is 0.303. The lowest BCUT2D eigenvalue weighted by atomic mass is 10.1. The molecule has 5 nitrogen and oxygen atoms in total. The number of nitrogens with one attached hydrogen (secondary N) is 1. The number of hydrogen-bond acceptors (Lipinski definition) is 4. The molecule has 0 spiro atoms. The van der Waals surface area contributed by atoms with Crippen molar-refractivity contribution in [1.29, 1.82) is 0 Å². The van der Waals surface area contributed by atoms with Gasteiger partial charge in [0.1, 0.15) is 12.4 Å². The number of para-hydroxylation sites is 1. The molecule has 7 heteroatoms. The van der Waals surface area contributed by atoms with E-state index in [-0.39, 0.29) is 5.56 Å². The average molecular weight is 427 g/mol. The smallest absolute Gasteiger partial charge is 0.259 e. The van der Waals surface area contributed by atoms with Crippen molar-refractivity contribution >= 4 is 34.1 Å². The molecule has 1 N–H and O–H groups in total. The third-order valence-electron chi connectivity index (χ3n) is 4.43. The van der Waals surface area contributed by atoms with Crippen LogP contribution in [0.25, 0.3) is 22.3 Å². The molecule has 0 aliphatic carbocycles. The van der Waals surface area contributed by atoms with Crippen molar-refractivity contribution in [3.8, 4) is 22.9 Å². The minimum Gasteiger partial charge on any atom is -0.493 e. The monoisotopic (exact) mass is 426 g/mol. The predicted octanol–water partition coefficient (Wildman–Crippen LogP) is 5.48. The van der Waals surface area contributed by atoms with E-state index in [1.54, 1.807) is 43.5 Å². The molecule has 4 aromatic rings. The Balaban J connectivity index is 1.63. The van der Waals surface area contributed by atoms with Crippen LogP contribution in [0.1, 0.15) is 5.56 Å². The highest BCUT2D eigenvalue weighted by Crippen LogP contribution is 2.32. The van der Waals surface area contributed by atoms with E-state index in [0.29, 0.717) is 50.4 Å². The number of H-pyrrole nitrogens is 1. The summed E-state index contributed by atoms with van der Waals surface area (Å²) in [6.07, 6.45) is 0. The van der Waals surface area contributed by atoms with Crippen LogP contribution in [0.15, 0.2) is 65.5 Å². The van der Waals surface area contributed by atoms with Gasteiger partial charge in [0.05, 0.1) is 28.1 Å². The van der Waals surface area contributed by atoms with Gasteiger partial charge < -0.3 is 14.5 Å². The van der Waals surface area contributed by atoms with E-state index in [0.717, 1.165) is 5.56 Å². The molecule has 29 heavy (non-hydrogen) atoms. The zero-order valence-electron chi connectivity index (χ0n) is 15.4. The Kier molecular flexibility index (Phi) is 5.43. The summed E-state index contributed by atoms with van der Waals surface area (Å²) < 4.78 is 11.3. The van der Waals surface area contributed by atoms with Crippen LogP contribution in [-0.2, 0) is 6.61 Å². The lowest BCUT2D eigenvalue weighted by molar-refractivity contribution is 0.284. The molecule has 0 atom stereocenters. The van der Waals surface area contributed by atoms with E-state index in [4.69, 9.17) is 32.7 Å². The lowest BCUT2D eigenvalue weighted by Crippen LogP contribution is -2.09. The molecule has 0 fully saturated rings. The molecule has 1 aromatic heterocycles. The van der Waals surface area contributed by atoms with Crippen LogP contribution in [0, 0.1) is 0 Å². The van der Waals surface area contributed by atoms with Crippen molar-refractivity contribution in [1.82, 2.24) is 9.97 Å². The van der Waals surface area contributed by atoms with E-state index in [9.17, 15) is 4.79 Å².